The highest BCUT2D eigenvalue weighted by atomic mass is 16.6. The lowest BCUT2D eigenvalue weighted by molar-refractivity contribution is 0.0507. The summed E-state index contributed by atoms with van der Waals surface area (Å²) in [5.74, 6) is 0.886. The molecule has 1 aliphatic heterocycles. The molecule has 0 aliphatic carbocycles. The van der Waals surface area contributed by atoms with Gasteiger partial charge in [0.2, 0.25) is 0 Å². The summed E-state index contributed by atoms with van der Waals surface area (Å²) in [5.41, 5.74) is 2.05. The van der Waals surface area contributed by atoms with E-state index in [1.54, 1.807) is 7.05 Å². The molecule has 0 saturated carbocycles. The van der Waals surface area contributed by atoms with Crippen LogP contribution in [0.5, 0.6) is 0 Å². The Morgan fingerprint density at radius 2 is 2.14 bits per heavy atom. The predicted octanol–water partition coefficient (Wildman–Crippen LogP) is 3.27. The highest BCUT2D eigenvalue weighted by molar-refractivity contribution is 5.83. The number of aromatic amines is 1. The van der Waals surface area contributed by atoms with Crippen molar-refractivity contribution in [2.75, 3.05) is 26.7 Å². The number of nitrogens with zero attached hydrogens (tertiary/aromatic N) is 2. The first-order valence-corrected chi connectivity index (χ1v) is 10.4. The van der Waals surface area contributed by atoms with Crippen LogP contribution >= 0.6 is 0 Å². The Morgan fingerprint density at radius 3 is 2.90 bits per heavy atom. The normalized spacial score (nSPS) is 17.6. The summed E-state index contributed by atoms with van der Waals surface area (Å²) in [5, 5.41) is 7.71. The van der Waals surface area contributed by atoms with Crippen molar-refractivity contribution in [3.8, 4) is 0 Å². The van der Waals surface area contributed by atoms with Crippen LogP contribution in [0.25, 0.3) is 10.9 Å². The number of ether oxygens (including phenoxy) is 1. The summed E-state index contributed by atoms with van der Waals surface area (Å²) in [6, 6.07) is 8.47. The molecule has 1 unspecified atom stereocenters. The smallest absolute Gasteiger partial charge is 0.407 e. The first kappa shape index (κ1) is 21.0. The number of likely N-dealkylation sites (tertiary alicyclic amines) is 1. The zero-order valence-corrected chi connectivity index (χ0v) is 17.9. The van der Waals surface area contributed by atoms with Crippen LogP contribution in [0, 0.1) is 0 Å². The van der Waals surface area contributed by atoms with Crippen LogP contribution in [0.2, 0.25) is 0 Å². The number of carbonyl (C=O) groups is 1. The number of aliphatic imine (C=N–C) groups is 1. The van der Waals surface area contributed by atoms with Crippen molar-refractivity contribution in [1.29, 1.82) is 0 Å². The number of rotatable bonds is 5. The molecule has 29 heavy (non-hydrogen) atoms. The summed E-state index contributed by atoms with van der Waals surface area (Å²) >= 11 is 0. The van der Waals surface area contributed by atoms with Gasteiger partial charge >= 0.3 is 6.09 Å². The maximum absolute atomic E-state index is 12.0. The maximum atomic E-state index is 12.0. The number of alkyl carbamates (subject to hydrolysis) is 1. The van der Waals surface area contributed by atoms with E-state index >= 15 is 0 Å². The summed E-state index contributed by atoms with van der Waals surface area (Å²) < 4.78 is 5.35. The predicted molar refractivity (Wildman–Crippen MR) is 117 cm³/mol. The van der Waals surface area contributed by atoms with Gasteiger partial charge in [-0.05, 0) is 51.7 Å². The molecular formula is C22H33N5O2. The van der Waals surface area contributed by atoms with Crippen molar-refractivity contribution < 1.29 is 9.53 Å². The fraction of sp³-hybridized carbons (Fsp3) is 0.545. The van der Waals surface area contributed by atoms with E-state index in [4.69, 9.17) is 4.74 Å². The van der Waals surface area contributed by atoms with Gasteiger partial charge in [-0.25, -0.2) is 4.79 Å². The van der Waals surface area contributed by atoms with Crippen molar-refractivity contribution in [3.05, 3.63) is 36.0 Å². The summed E-state index contributed by atoms with van der Waals surface area (Å²) in [7, 11) is 1.80. The Bertz CT molecular complexity index is 852. The van der Waals surface area contributed by atoms with Crippen molar-refractivity contribution in [1.82, 2.24) is 20.5 Å². The third-order valence-corrected chi connectivity index (χ3v) is 5.00. The SMILES string of the molecule is CN=C(NCCCc1c[nH]c2ccccc12)N1CCC(NC(=O)OC(C)(C)C)C1. The molecule has 1 aromatic carbocycles. The van der Waals surface area contributed by atoms with Crippen LogP contribution in [0.4, 0.5) is 4.79 Å². The molecule has 7 heteroatoms. The summed E-state index contributed by atoms with van der Waals surface area (Å²) in [6.45, 7) is 8.07. The van der Waals surface area contributed by atoms with Gasteiger partial charge in [-0.2, -0.15) is 0 Å². The van der Waals surface area contributed by atoms with Gasteiger partial charge < -0.3 is 25.3 Å². The first-order valence-electron chi connectivity index (χ1n) is 10.4. The molecule has 7 nitrogen and oxygen atoms in total. The molecular weight excluding hydrogens is 366 g/mol. The Hall–Kier alpha value is -2.70. The summed E-state index contributed by atoms with van der Waals surface area (Å²) in [4.78, 5) is 21.9. The van der Waals surface area contributed by atoms with Crippen LogP contribution in [0.1, 0.15) is 39.2 Å². The molecule has 1 atom stereocenters. The maximum Gasteiger partial charge on any atom is 0.407 e. The average Bonchev–Trinajstić information content (AvgIpc) is 3.27. The molecule has 0 radical (unpaired) electrons. The van der Waals surface area contributed by atoms with E-state index in [0.29, 0.717) is 0 Å². The number of benzene rings is 1. The van der Waals surface area contributed by atoms with Crippen molar-refractivity contribution in [2.24, 2.45) is 4.99 Å². The molecule has 1 aliphatic rings. The first-order chi connectivity index (χ1) is 13.9. The van der Waals surface area contributed by atoms with Gasteiger partial charge in [0.1, 0.15) is 5.60 Å². The van der Waals surface area contributed by atoms with Gasteiger partial charge in [0, 0.05) is 43.8 Å². The number of guanidine groups is 1. The molecule has 3 N–H and O–H groups in total. The van der Waals surface area contributed by atoms with Gasteiger partial charge in [-0.3, -0.25) is 4.99 Å². The van der Waals surface area contributed by atoms with Gasteiger partial charge in [0.15, 0.2) is 5.96 Å². The molecule has 1 amide bonds. The minimum atomic E-state index is -0.481. The number of fused-ring (bicyclic) bond motifs is 1. The van der Waals surface area contributed by atoms with E-state index in [1.807, 2.05) is 20.8 Å². The number of para-hydroxylation sites is 1. The van der Waals surface area contributed by atoms with Crippen LogP contribution in [0.15, 0.2) is 35.5 Å². The van der Waals surface area contributed by atoms with Crippen molar-refractivity contribution >= 4 is 23.0 Å². The fourth-order valence-corrected chi connectivity index (χ4v) is 3.69. The number of amides is 1. The molecule has 0 spiro atoms. The highest BCUT2D eigenvalue weighted by Crippen LogP contribution is 2.19. The minimum Gasteiger partial charge on any atom is -0.444 e. The minimum absolute atomic E-state index is 0.0784. The van der Waals surface area contributed by atoms with Gasteiger partial charge in [0.05, 0.1) is 6.04 Å². The second-order valence-electron chi connectivity index (χ2n) is 8.51. The van der Waals surface area contributed by atoms with E-state index in [0.717, 1.165) is 44.9 Å². The largest absolute Gasteiger partial charge is 0.444 e. The van der Waals surface area contributed by atoms with Crippen molar-refractivity contribution in [2.45, 2.75) is 51.7 Å². The molecule has 2 aromatic rings. The number of carbonyl (C=O) groups excluding carboxylic acids is 1. The monoisotopic (exact) mass is 399 g/mol. The van der Waals surface area contributed by atoms with Crippen LogP contribution < -0.4 is 10.6 Å². The number of nitrogens with one attached hydrogen (secondary N) is 3. The second-order valence-corrected chi connectivity index (χ2v) is 8.51. The van der Waals surface area contributed by atoms with E-state index in [2.05, 4.69) is 56.0 Å². The number of aryl methyl sites for hydroxylation is 1. The third-order valence-electron chi connectivity index (χ3n) is 5.00. The topological polar surface area (TPSA) is 81.8 Å². The Labute approximate surface area is 172 Å². The fourth-order valence-electron chi connectivity index (χ4n) is 3.69. The third kappa shape index (κ3) is 5.89. The summed E-state index contributed by atoms with van der Waals surface area (Å²) in [6.07, 6.45) is 4.67. The average molecular weight is 400 g/mol. The van der Waals surface area contributed by atoms with Gasteiger partial charge in [-0.15, -0.1) is 0 Å². The van der Waals surface area contributed by atoms with E-state index in [9.17, 15) is 4.79 Å². The lowest BCUT2D eigenvalue weighted by atomic mass is 10.1. The second kappa shape index (κ2) is 9.20. The van der Waals surface area contributed by atoms with Crippen LogP contribution in [0.3, 0.4) is 0 Å². The quantitative estimate of drug-likeness (QED) is 0.409. The Balaban J connectivity index is 1.42. The zero-order chi connectivity index (χ0) is 20.9. The van der Waals surface area contributed by atoms with Gasteiger partial charge in [-0.1, -0.05) is 18.2 Å². The lowest BCUT2D eigenvalue weighted by Gasteiger charge is -2.23. The molecule has 1 fully saturated rings. The Morgan fingerprint density at radius 1 is 1.34 bits per heavy atom. The van der Waals surface area contributed by atoms with Gasteiger partial charge in [0.25, 0.3) is 0 Å². The number of H-pyrrole nitrogens is 1. The zero-order valence-electron chi connectivity index (χ0n) is 17.9. The van der Waals surface area contributed by atoms with Crippen molar-refractivity contribution in [3.63, 3.8) is 0 Å². The van der Waals surface area contributed by atoms with E-state index in [1.165, 1.54) is 16.5 Å². The van der Waals surface area contributed by atoms with Crippen LogP contribution in [-0.2, 0) is 11.2 Å². The Kier molecular flexibility index (Phi) is 6.67. The van der Waals surface area contributed by atoms with E-state index < -0.39 is 5.60 Å². The number of aromatic nitrogens is 1. The molecule has 1 aromatic heterocycles. The molecule has 1 saturated heterocycles. The van der Waals surface area contributed by atoms with Crippen LogP contribution in [-0.4, -0.2) is 60.3 Å². The van der Waals surface area contributed by atoms with E-state index in [-0.39, 0.29) is 12.1 Å². The molecule has 3 rings (SSSR count). The lowest BCUT2D eigenvalue weighted by Crippen LogP contribution is -2.44. The standard InChI is InChI=1S/C22H33N5O2/c1-22(2,3)29-21(28)26-17-11-13-27(15-17)20(23-4)24-12-7-8-16-14-25-19-10-6-5-9-18(16)19/h5-6,9-10,14,17,25H,7-8,11-13,15H2,1-4H3,(H,23,24)(H,26,28). The molecule has 0 bridgehead atoms. The highest BCUT2D eigenvalue weighted by Gasteiger charge is 2.27. The molecule has 2 heterocycles. The molecule has 158 valence electrons. The number of hydrogen-bond donors (Lipinski definition) is 3. The number of hydrogen-bond acceptors (Lipinski definition) is 3.